The summed E-state index contributed by atoms with van der Waals surface area (Å²) >= 11 is 0. The Morgan fingerprint density at radius 2 is 1.63 bits per heavy atom. The lowest BCUT2D eigenvalue weighted by Gasteiger charge is -2.08. The van der Waals surface area contributed by atoms with Gasteiger partial charge in [-0.25, -0.2) is 4.79 Å². The Morgan fingerprint density at radius 3 is 2.44 bits per heavy atom. The van der Waals surface area contributed by atoms with Crippen molar-refractivity contribution in [3.05, 3.63) is 83.2 Å². The molecule has 27 heavy (non-hydrogen) atoms. The van der Waals surface area contributed by atoms with Crippen LogP contribution < -0.4 is 5.63 Å². The second kappa shape index (κ2) is 5.68. The summed E-state index contributed by atoms with van der Waals surface area (Å²) in [6.45, 7) is 1.52. The molecular weight excluding hydrogens is 338 g/mol. The van der Waals surface area contributed by atoms with Gasteiger partial charge in [0.1, 0.15) is 5.52 Å². The Labute approximate surface area is 154 Å². The number of benzene rings is 3. The standard InChI is InChI=1S/C23H15NO3/c1-14(25)24-20-9-5-4-8-18(20)23-22(24)19(13-21(26)27-23)17-11-10-15-6-2-3-7-16(15)12-17/h2-13H,1H3. The first kappa shape index (κ1) is 15.6. The number of nitrogens with zero attached hydrogens (tertiary/aromatic N) is 1. The number of hydrogen-bond acceptors (Lipinski definition) is 3. The summed E-state index contributed by atoms with van der Waals surface area (Å²) in [5.74, 6) is -0.128. The molecule has 0 amide bonds. The molecule has 0 aliphatic heterocycles. The zero-order valence-corrected chi connectivity index (χ0v) is 14.6. The summed E-state index contributed by atoms with van der Waals surface area (Å²) < 4.78 is 7.15. The molecule has 0 aliphatic carbocycles. The molecule has 0 N–H and O–H groups in total. The number of fused-ring (bicyclic) bond motifs is 4. The van der Waals surface area contributed by atoms with Crippen LogP contribution >= 0.6 is 0 Å². The van der Waals surface area contributed by atoms with Crippen molar-refractivity contribution in [2.24, 2.45) is 0 Å². The van der Waals surface area contributed by atoms with Gasteiger partial charge in [-0.05, 0) is 34.5 Å². The van der Waals surface area contributed by atoms with Crippen LogP contribution in [-0.4, -0.2) is 10.5 Å². The van der Waals surface area contributed by atoms with E-state index in [2.05, 4.69) is 0 Å². The van der Waals surface area contributed by atoms with Crippen molar-refractivity contribution in [1.82, 2.24) is 4.57 Å². The predicted octanol–water partition coefficient (Wildman–Crippen LogP) is 5.23. The number of hydrogen-bond donors (Lipinski definition) is 0. The first-order chi connectivity index (χ1) is 13.1. The number of aromatic nitrogens is 1. The predicted molar refractivity (Wildman–Crippen MR) is 107 cm³/mol. The van der Waals surface area contributed by atoms with E-state index in [1.807, 2.05) is 66.7 Å². The molecule has 5 aromatic rings. The van der Waals surface area contributed by atoms with E-state index >= 15 is 0 Å². The maximum atomic E-state index is 12.5. The van der Waals surface area contributed by atoms with Gasteiger partial charge in [0.2, 0.25) is 5.91 Å². The molecule has 0 aliphatic rings. The van der Waals surface area contributed by atoms with E-state index in [9.17, 15) is 9.59 Å². The molecule has 130 valence electrons. The van der Waals surface area contributed by atoms with Gasteiger partial charge < -0.3 is 4.42 Å². The number of para-hydroxylation sites is 1. The van der Waals surface area contributed by atoms with Gasteiger partial charge in [-0.2, -0.15) is 0 Å². The number of carbonyl (C=O) groups excluding carboxylic acids is 1. The summed E-state index contributed by atoms with van der Waals surface area (Å²) in [4.78, 5) is 24.8. The minimum absolute atomic E-state index is 0.128. The quantitative estimate of drug-likeness (QED) is 0.415. The fourth-order valence-electron chi connectivity index (χ4n) is 3.78. The van der Waals surface area contributed by atoms with E-state index in [0.717, 1.165) is 27.2 Å². The Balaban J connectivity index is 1.97. The average Bonchev–Trinajstić information content (AvgIpc) is 3.01. The highest BCUT2D eigenvalue weighted by molar-refractivity contribution is 6.14. The van der Waals surface area contributed by atoms with Gasteiger partial charge in [0.25, 0.3) is 0 Å². The molecule has 0 unspecified atom stereocenters. The lowest BCUT2D eigenvalue weighted by atomic mass is 10.0. The van der Waals surface area contributed by atoms with Crippen molar-refractivity contribution in [2.75, 3.05) is 0 Å². The smallest absolute Gasteiger partial charge is 0.336 e. The molecule has 2 aromatic heterocycles. The molecule has 0 saturated heterocycles. The van der Waals surface area contributed by atoms with Gasteiger partial charge in [-0.3, -0.25) is 9.36 Å². The molecule has 0 spiro atoms. The van der Waals surface area contributed by atoms with Crippen molar-refractivity contribution in [3.8, 4) is 11.1 Å². The van der Waals surface area contributed by atoms with Crippen LogP contribution in [0, 0.1) is 0 Å². The Bertz CT molecular complexity index is 1420. The Morgan fingerprint density at radius 1 is 0.889 bits per heavy atom. The fraction of sp³-hybridized carbons (Fsp3) is 0.0435. The highest BCUT2D eigenvalue weighted by Crippen LogP contribution is 2.35. The summed E-state index contributed by atoms with van der Waals surface area (Å²) in [6, 6.07) is 23.0. The van der Waals surface area contributed by atoms with E-state index in [1.54, 1.807) is 4.57 Å². The topological polar surface area (TPSA) is 52.2 Å². The van der Waals surface area contributed by atoms with Gasteiger partial charge in [-0.1, -0.05) is 48.5 Å². The van der Waals surface area contributed by atoms with Gasteiger partial charge in [0.15, 0.2) is 5.58 Å². The third-order valence-corrected chi connectivity index (χ3v) is 4.92. The molecule has 0 saturated carbocycles. The first-order valence-electron chi connectivity index (χ1n) is 8.71. The fourth-order valence-corrected chi connectivity index (χ4v) is 3.78. The molecular formula is C23H15NO3. The van der Waals surface area contributed by atoms with Crippen molar-refractivity contribution < 1.29 is 9.21 Å². The normalized spacial score (nSPS) is 11.4. The monoisotopic (exact) mass is 353 g/mol. The maximum Gasteiger partial charge on any atom is 0.336 e. The van der Waals surface area contributed by atoms with E-state index in [4.69, 9.17) is 4.42 Å². The van der Waals surface area contributed by atoms with Gasteiger partial charge in [0, 0.05) is 23.9 Å². The molecule has 4 heteroatoms. The van der Waals surface area contributed by atoms with Crippen LogP contribution in [0.3, 0.4) is 0 Å². The molecule has 0 atom stereocenters. The van der Waals surface area contributed by atoms with Crippen LogP contribution in [0.2, 0.25) is 0 Å². The van der Waals surface area contributed by atoms with Crippen LogP contribution in [0.15, 0.2) is 82.0 Å². The van der Waals surface area contributed by atoms with Crippen LogP contribution in [0.1, 0.15) is 11.7 Å². The molecule has 2 heterocycles. The summed E-state index contributed by atoms with van der Waals surface area (Å²) in [7, 11) is 0. The van der Waals surface area contributed by atoms with Crippen molar-refractivity contribution in [2.45, 2.75) is 6.92 Å². The van der Waals surface area contributed by atoms with Gasteiger partial charge >= 0.3 is 5.63 Å². The third-order valence-electron chi connectivity index (χ3n) is 4.92. The van der Waals surface area contributed by atoms with Crippen molar-refractivity contribution in [3.63, 3.8) is 0 Å². The van der Waals surface area contributed by atoms with Gasteiger partial charge in [0.05, 0.1) is 5.52 Å². The summed E-state index contributed by atoms with van der Waals surface area (Å²) in [5, 5.41) is 2.94. The SMILES string of the molecule is CC(=O)n1c2ccccc2c2oc(=O)cc(-c3ccc4ccccc4c3)c21. The molecule has 0 radical (unpaired) electrons. The van der Waals surface area contributed by atoms with E-state index < -0.39 is 5.63 Å². The summed E-state index contributed by atoms with van der Waals surface area (Å²) in [6.07, 6.45) is 0. The minimum atomic E-state index is -0.433. The average molecular weight is 353 g/mol. The summed E-state index contributed by atoms with van der Waals surface area (Å²) in [5.41, 5.74) is 2.93. The van der Waals surface area contributed by atoms with Crippen LogP contribution in [0.4, 0.5) is 0 Å². The van der Waals surface area contributed by atoms with E-state index in [1.165, 1.54) is 13.0 Å². The largest absolute Gasteiger partial charge is 0.420 e. The lowest BCUT2D eigenvalue weighted by Crippen LogP contribution is -2.07. The molecule has 0 bridgehead atoms. The molecule has 4 nitrogen and oxygen atoms in total. The van der Waals surface area contributed by atoms with Crippen LogP contribution in [-0.2, 0) is 0 Å². The molecule has 3 aromatic carbocycles. The highest BCUT2D eigenvalue weighted by Gasteiger charge is 2.20. The highest BCUT2D eigenvalue weighted by atomic mass is 16.4. The molecule has 5 rings (SSSR count). The lowest BCUT2D eigenvalue weighted by molar-refractivity contribution is 0.0946. The van der Waals surface area contributed by atoms with Crippen molar-refractivity contribution in [1.29, 1.82) is 0 Å². The Kier molecular flexibility index (Phi) is 3.28. The zero-order chi connectivity index (χ0) is 18.5. The zero-order valence-electron chi connectivity index (χ0n) is 14.6. The first-order valence-corrected chi connectivity index (χ1v) is 8.71. The third kappa shape index (κ3) is 2.30. The van der Waals surface area contributed by atoms with E-state index in [0.29, 0.717) is 16.7 Å². The number of carbonyl (C=O) groups is 1. The second-order valence-corrected chi connectivity index (χ2v) is 6.59. The van der Waals surface area contributed by atoms with Crippen LogP contribution in [0.25, 0.3) is 43.9 Å². The molecule has 0 fully saturated rings. The second-order valence-electron chi connectivity index (χ2n) is 6.59. The van der Waals surface area contributed by atoms with E-state index in [-0.39, 0.29) is 5.91 Å². The van der Waals surface area contributed by atoms with Crippen LogP contribution in [0.5, 0.6) is 0 Å². The minimum Gasteiger partial charge on any atom is -0.420 e. The maximum absolute atomic E-state index is 12.5. The van der Waals surface area contributed by atoms with Gasteiger partial charge in [-0.15, -0.1) is 0 Å². The van der Waals surface area contributed by atoms with Crippen molar-refractivity contribution >= 4 is 38.7 Å². The Hall–Kier alpha value is -3.66. The number of rotatable bonds is 1.